The summed E-state index contributed by atoms with van der Waals surface area (Å²) in [6, 6.07) is 7.78. The quantitative estimate of drug-likeness (QED) is 0.928. The first kappa shape index (κ1) is 16.2. The fraction of sp³-hybridized carbons (Fsp3) is 0.412. The standard InChI is InChI=1S/C17H20N4O3/c1-11-5-4-6-13(9-11)21-12(2)14(18-19-21)15(22)20-8-7-17(3,10-20)16(23)24/h4-6,9H,7-8,10H2,1-3H3,(H,23,24). The fourth-order valence-corrected chi connectivity index (χ4v) is 2.99. The number of carboxylic acid groups (broad SMARTS) is 1. The van der Waals surface area contributed by atoms with Gasteiger partial charge in [-0.15, -0.1) is 5.10 Å². The number of aliphatic carboxylic acids is 1. The van der Waals surface area contributed by atoms with Gasteiger partial charge in [-0.1, -0.05) is 17.3 Å². The van der Waals surface area contributed by atoms with Gasteiger partial charge in [-0.3, -0.25) is 9.59 Å². The summed E-state index contributed by atoms with van der Waals surface area (Å²) in [4.78, 5) is 25.6. The van der Waals surface area contributed by atoms with Crippen LogP contribution in [0.2, 0.25) is 0 Å². The second-order valence-corrected chi connectivity index (χ2v) is 6.62. The van der Waals surface area contributed by atoms with Gasteiger partial charge in [-0.05, 0) is 44.9 Å². The number of benzene rings is 1. The monoisotopic (exact) mass is 328 g/mol. The molecule has 3 rings (SSSR count). The van der Waals surface area contributed by atoms with E-state index in [1.165, 1.54) is 0 Å². The molecule has 7 nitrogen and oxygen atoms in total. The Morgan fingerprint density at radius 3 is 2.67 bits per heavy atom. The number of nitrogens with zero attached hydrogens (tertiary/aromatic N) is 4. The summed E-state index contributed by atoms with van der Waals surface area (Å²) in [5.41, 5.74) is 1.96. The molecular weight excluding hydrogens is 308 g/mol. The number of rotatable bonds is 3. The molecule has 2 aromatic rings. The number of carbonyl (C=O) groups excluding carboxylic acids is 1. The van der Waals surface area contributed by atoms with Crippen molar-refractivity contribution in [3.8, 4) is 5.69 Å². The van der Waals surface area contributed by atoms with Crippen molar-refractivity contribution in [1.29, 1.82) is 0 Å². The predicted octanol–water partition coefficient (Wildman–Crippen LogP) is 1.82. The Morgan fingerprint density at radius 1 is 1.29 bits per heavy atom. The molecule has 1 amide bonds. The summed E-state index contributed by atoms with van der Waals surface area (Å²) < 4.78 is 1.63. The molecule has 1 aromatic heterocycles. The zero-order valence-electron chi connectivity index (χ0n) is 14.0. The predicted molar refractivity (Wildman–Crippen MR) is 87.1 cm³/mol. The number of hydrogen-bond donors (Lipinski definition) is 1. The van der Waals surface area contributed by atoms with Gasteiger partial charge in [-0.25, -0.2) is 4.68 Å². The molecule has 1 fully saturated rings. The molecule has 0 saturated carbocycles. The maximum atomic E-state index is 12.7. The summed E-state index contributed by atoms with van der Waals surface area (Å²) in [5, 5.41) is 17.4. The molecule has 1 aliphatic rings. The summed E-state index contributed by atoms with van der Waals surface area (Å²) in [5.74, 6) is -1.14. The van der Waals surface area contributed by atoms with E-state index in [2.05, 4.69) is 10.3 Å². The highest BCUT2D eigenvalue weighted by molar-refractivity contribution is 5.94. The van der Waals surface area contributed by atoms with E-state index in [0.717, 1.165) is 11.3 Å². The molecule has 2 heterocycles. The fourth-order valence-electron chi connectivity index (χ4n) is 2.99. The summed E-state index contributed by atoms with van der Waals surface area (Å²) in [7, 11) is 0. The molecule has 24 heavy (non-hydrogen) atoms. The number of hydrogen-bond acceptors (Lipinski definition) is 4. The number of carboxylic acids is 1. The smallest absolute Gasteiger partial charge is 0.311 e. The Labute approximate surface area is 139 Å². The normalized spacial score (nSPS) is 20.4. The van der Waals surface area contributed by atoms with E-state index in [1.54, 1.807) is 23.4 Å². The molecule has 1 unspecified atom stereocenters. The van der Waals surface area contributed by atoms with E-state index in [0.29, 0.717) is 18.7 Å². The first-order valence-electron chi connectivity index (χ1n) is 7.84. The average Bonchev–Trinajstić information content (AvgIpc) is 3.11. The Bertz CT molecular complexity index is 814. The second kappa shape index (κ2) is 5.74. The van der Waals surface area contributed by atoms with Crippen molar-refractivity contribution in [2.24, 2.45) is 5.41 Å². The van der Waals surface area contributed by atoms with Crippen LogP contribution < -0.4 is 0 Å². The molecule has 0 spiro atoms. The first-order valence-corrected chi connectivity index (χ1v) is 7.84. The summed E-state index contributed by atoms with van der Waals surface area (Å²) in [6.07, 6.45) is 0.444. The van der Waals surface area contributed by atoms with Gasteiger partial charge in [0.25, 0.3) is 5.91 Å². The van der Waals surface area contributed by atoms with Gasteiger partial charge in [0.05, 0.1) is 16.8 Å². The highest BCUT2D eigenvalue weighted by atomic mass is 16.4. The van der Waals surface area contributed by atoms with Gasteiger partial charge in [0, 0.05) is 13.1 Å². The summed E-state index contributed by atoms with van der Waals surface area (Å²) in [6.45, 7) is 6.05. The number of likely N-dealkylation sites (tertiary alicyclic amines) is 1. The van der Waals surface area contributed by atoms with E-state index < -0.39 is 11.4 Å². The van der Waals surface area contributed by atoms with Crippen molar-refractivity contribution < 1.29 is 14.7 Å². The van der Waals surface area contributed by atoms with Crippen LogP contribution in [0.25, 0.3) is 5.69 Å². The molecule has 1 aromatic carbocycles. The van der Waals surface area contributed by atoms with Gasteiger partial charge in [0.1, 0.15) is 0 Å². The lowest BCUT2D eigenvalue weighted by Crippen LogP contribution is -2.35. The minimum absolute atomic E-state index is 0.192. The zero-order chi connectivity index (χ0) is 17.5. The van der Waals surface area contributed by atoms with Crippen molar-refractivity contribution in [2.75, 3.05) is 13.1 Å². The zero-order valence-corrected chi connectivity index (χ0v) is 14.0. The lowest BCUT2D eigenvalue weighted by atomic mass is 9.90. The minimum Gasteiger partial charge on any atom is -0.481 e. The summed E-state index contributed by atoms with van der Waals surface area (Å²) >= 11 is 0. The number of amides is 1. The van der Waals surface area contributed by atoms with Crippen LogP contribution in [-0.2, 0) is 4.79 Å². The second-order valence-electron chi connectivity index (χ2n) is 6.62. The van der Waals surface area contributed by atoms with Crippen molar-refractivity contribution >= 4 is 11.9 Å². The van der Waals surface area contributed by atoms with Crippen LogP contribution in [-0.4, -0.2) is 50.0 Å². The van der Waals surface area contributed by atoms with Crippen LogP contribution in [0.3, 0.4) is 0 Å². The van der Waals surface area contributed by atoms with Gasteiger partial charge in [0.2, 0.25) is 0 Å². The maximum Gasteiger partial charge on any atom is 0.311 e. The Hall–Kier alpha value is -2.70. The van der Waals surface area contributed by atoms with Crippen molar-refractivity contribution in [1.82, 2.24) is 19.9 Å². The Balaban J connectivity index is 1.86. The van der Waals surface area contributed by atoms with Crippen LogP contribution >= 0.6 is 0 Å². The lowest BCUT2D eigenvalue weighted by molar-refractivity contribution is -0.147. The van der Waals surface area contributed by atoms with Crippen LogP contribution in [0.1, 0.15) is 35.1 Å². The topological polar surface area (TPSA) is 88.3 Å². The molecule has 1 aliphatic heterocycles. The number of aryl methyl sites for hydroxylation is 1. The Morgan fingerprint density at radius 2 is 2.04 bits per heavy atom. The molecule has 0 radical (unpaired) electrons. The van der Waals surface area contributed by atoms with E-state index in [4.69, 9.17) is 0 Å². The first-order chi connectivity index (χ1) is 11.3. The minimum atomic E-state index is -0.893. The van der Waals surface area contributed by atoms with Crippen LogP contribution in [0.15, 0.2) is 24.3 Å². The molecule has 0 aliphatic carbocycles. The highest BCUT2D eigenvalue weighted by Gasteiger charge is 2.43. The maximum absolute atomic E-state index is 12.7. The highest BCUT2D eigenvalue weighted by Crippen LogP contribution is 2.31. The van der Waals surface area contributed by atoms with Crippen molar-refractivity contribution in [3.63, 3.8) is 0 Å². The third kappa shape index (κ3) is 2.66. The SMILES string of the molecule is Cc1cccc(-n2nnc(C(=O)N3CCC(C)(C(=O)O)C3)c2C)c1. The van der Waals surface area contributed by atoms with Crippen molar-refractivity contribution in [3.05, 3.63) is 41.2 Å². The average molecular weight is 328 g/mol. The number of carbonyl (C=O) groups is 2. The third-order valence-electron chi connectivity index (χ3n) is 4.62. The van der Waals surface area contributed by atoms with E-state index in [9.17, 15) is 14.7 Å². The van der Waals surface area contributed by atoms with Gasteiger partial charge in [-0.2, -0.15) is 0 Å². The van der Waals surface area contributed by atoms with Crippen molar-refractivity contribution in [2.45, 2.75) is 27.2 Å². The van der Waals surface area contributed by atoms with E-state index >= 15 is 0 Å². The van der Waals surface area contributed by atoms with E-state index in [1.807, 2.05) is 31.2 Å². The molecule has 1 atom stereocenters. The molecule has 1 saturated heterocycles. The van der Waals surface area contributed by atoms with Crippen LogP contribution in [0, 0.1) is 19.3 Å². The van der Waals surface area contributed by atoms with Crippen LogP contribution in [0.5, 0.6) is 0 Å². The number of aromatic nitrogens is 3. The molecule has 126 valence electrons. The van der Waals surface area contributed by atoms with E-state index in [-0.39, 0.29) is 18.1 Å². The largest absolute Gasteiger partial charge is 0.481 e. The van der Waals surface area contributed by atoms with Gasteiger partial charge >= 0.3 is 5.97 Å². The lowest BCUT2D eigenvalue weighted by Gasteiger charge is -2.19. The molecule has 0 bridgehead atoms. The molecule has 1 N–H and O–H groups in total. The molecular formula is C17H20N4O3. The van der Waals surface area contributed by atoms with Gasteiger partial charge in [0.15, 0.2) is 5.69 Å². The third-order valence-corrected chi connectivity index (χ3v) is 4.62. The van der Waals surface area contributed by atoms with Crippen LogP contribution in [0.4, 0.5) is 0 Å². The molecule has 7 heteroatoms. The Kier molecular flexibility index (Phi) is 3.87. The van der Waals surface area contributed by atoms with Gasteiger partial charge < -0.3 is 10.0 Å².